The summed E-state index contributed by atoms with van der Waals surface area (Å²) in [5, 5.41) is 12.0. The topological polar surface area (TPSA) is 42.2 Å². The molecule has 92 valence electrons. The van der Waals surface area contributed by atoms with Crippen LogP contribution in [0.5, 0.6) is 0 Å². The smallest absolute Gasteiger partial charge is 0.243 e. The van der Waals surface area contributed by atoms with E-state index in [0.29, 0.717) is 5.95 Å². The summed E-state index contributed by atoms with van der Waals surface area (Å²) in [5.74, 6) is 0.676. The number of fused-ring (bicyclic) bond motifs is 1. The van der Waals surface area contributed by atoms with E-state index in [4.69, 9.17) is 0 Å². The van der Waals surface area contributed by atoms with Gasteiger partial charge in [0.15, 0.2) is 5.65 Å². The molecule has 0 aliphatic heterocycles. The fourth-order valence-electron chi connectivity index (χ4n) is 1.85. The summed E-state index contributed by atoms with van der Waals surface area (Å²) in [6.07, 6.45) is 0. The van der Waals surface area contributed by atoms with Crippen LogP contribution < -0.4 is 5.32 Å². The van der Waals surface area contributed by atoms with Crippen molar-refractivity contribution in [1.29, 1.82) is 0 Å². The summed E-state index contributed by atoms with van der Waals surface area (Å²) in [4.78, 5) is 4.45. The summed E-state index contributed by atoms with van der Waals surface area (Å²) in [6.45, 7) is 4.91. The Bertz CT molecular complexity index is 683. The van der Waals surface area contributed by atoms with Gasteiger partial charge in [-0.15, -0.1) is 5.10 Å². The second kappa shape index (κ2) is 4.42. The van der Waals surface area contributed by atoms with Crippen LogP contribution in [0.1, 0.15) is 16.8 Å². The predicted molar refractivity (Wildman–Crippen MR) is 74.1 cm³/mol. The number of anilines is 1. The third-order valence-electron chi connectivity index (χ3n) is 2.95. The molecule has 0 bridgehead atoms. The quantitative estimate of drug-likeness (QED) is 0.785. The first kappa shape index (κ1) is 11.2. The lowest BCUT2D eigenvalue weighted by Crippen LogP contribution is -2.01. The molecule has 0 atom stereocenters. The van der Waals surface area contributed by atoms with E-state index < -0.39 is 0 Å². The highest BCUT2D eigenvalue weighted by molar-refractivity contribution is 7.08. The van der Waals surface area contributed by atoms with Crippen molar-refractivity contribution in [2.24, 2.45) is 0 Å². The number of rotatable bonds is 3. The van der Waals surface area contributed by atoms with Crippen LogP contribution in [0.2, 0.25) is 0 Å². The van der Waals surface area contributed by atoms with Crippen molar-refractivity contribution in [3.05, 3.63) is 45.8 Å². The maximum absolute atomic E-state index is 4.45. The Morgan fingerprint density at radius 2 is 2.17 bits per heavy atom. The van der Waals surface area contributed by atoms with E-state index in [9.17, 15) is 0 Å². The monoisotopic (exact) mass is 258 g/mol. The minimum Gasteiger partial charge on any atom is -0.349 e. The van der Waals surface area contributed by atoms with E-state index >= 15 is 0 Å². The Hall–Kier alpha value is -1.88. The summed E-state index contributed by atoms with van der Waals surface area (Å²) >= 11 is 1.72. The molecule has 0 aliphatic rings. The fraction of sp³-hybridized carbons (Fsp3) is 0.231. The third kappa shape index (κ3) is 1.97. The van der Waals surface area contributed by atoms with E-state index in [-0.39, 0.29) is 0 Å². The zero-order chi connectivity index (χ0) is 12.5. The minimum atomic E-state index is 0.676. The van der Waals surface area contributed by atoms with Crippen molar-refractivity contribution in [2.75, 3.05) is 5.32 Å². The van der Waals surface area contributed by atoms with Gasteiger partial charge in [-0.1, -0.05) is 6.07 Å². The Morgan fingerprint density at radius 3 is 2.89 bits per heavy atom. The van der Waals surface area contributed by atoms with E-state index in [2.05, 4.69) is 33.1 Å². The highest BCUT2D eigenvalue weighted by atomic mass is 32.1. The molecule has 1 N–H and O–H groups in total. The highest BCUT2D eigenvalue weighted by Crippen LogP contribution is 2.15. The first-order valence-corrected chi connectivity index (χ1v) is 6.76. The molecular formula is C13H14N4S. The van der Waals surface area contributed by atoms with Crippen molar-refractivity contribution in [2.45, 2.75) is 20.4 Å². The molecule has 3 heterocycles. The lowest BCUT2D eigenvalue weighted by Gasteiger charge is -2.00. The van der Waals surface area contributed by atoms with Gasteiger partial charge in [0.1, 0.15) is 0 Å². The van der Waals surface area contributed by atoms with Crippen LogP contribution in [-0.2, 0) is 6.54 Å². The van der Waals surface area contributed by atoms with Crippen molar-refractivity contribution >= 4 is 22.9 Å². The predicted octanol–water partition coefficient (Wildman–Crippen LogP) is 3.02. The number of nitrogens with one attached hydrogen (secondary N) is 1. The second-order valence-corrected chi connectivity index (χ2v) is 5.05. The number of aromatic nitrogens is 3. The summed E-state index contributed by atoms with van der Waals surface area (Å²) in [6, 6.07) is 5.97. The average Bonchev–Trinajstić information content (AvgIpc) is 2.93. The number of aryl methyl sites for hydroxylation is 2. The van der Waals surface area contributed by atoms with Crippen molar-refractivity contribution in [3.63, 3.8) is 0 Å². The maximum Gasteiger partial charge on any atom is 0.243 e. The molecule has 18 heavy (non-hydrogen) atoms. The van der Waals surface area contributed by atoms with Gasteiger partial charge in [-0.05, 0) is 47.9 Å². The summed E-state index contributed by atoms with van der Waals surface area (Å²) < 4.78 is 1.85. The van der Waals surface area contributed by atoms with Crippen LogP contribution in [0.25, 0.3) is 5.65 Å². The van der Waals surface area contributed by atoms with E-state index in [0.717, 1.165) is 17.9 Å². The molecule has 0 radical (unpaired) electrons. The van der Waals surface area contributed by atoms with E-state index in [1.165, 1.54) is 11.1 Å². The van der Waals surface area contributed by atoms with Crippen LogP contribution in [-0.4, -0.2) is 14.6 Å². The molecule has 5 heteroatoms. The zero-order valence-electron chi connectivity index (χ0n) is 10.3. The van der Waals surface area contributed by atoms with Gasteiger partial charge < -0.3 is 5.32 Å². The molecular weight excluding hydrogens is 244 g/mol. The van der Waals surface area contributed by atoms with Crippen molar-refractivity contribution < 1.29 is 0 Å². The molecule has 0 fully saturated rings. The molecule has 3 rings (SSSR count). The van der Waals surface area contributed by atoms with Gasteiger partial charge in [0.2, 0.25) is 5.95 Å². The maximum atomic E-state index is 4.45. The molecule has 0 spiro atoms. The number of pyridine rings is 1. The van der Waals surface area contributed by atoms with Crippen molar-refractivity contribution in [1.82, 2.24) is 14.6 Å². The van der Waals surface area contributed by atoms with Crippen LogP contribution in [0.4, 0.5) is 5.95 Å². The summed E-state index contributed by atoms with van der Waals surface area (Å²) in [5.41, 5.74) is 4.57. The molecule has 0 saturated carbocycles. The fourth-order valence-corrected chi connectivity index (χ4v) is 2.71. The molecule has 4 nitrogen and oxygen atoms in total. The molecule has 0 saturated heterocycles. The van der Waals surface area contributed by atoms with Crippen LogP contribution >= 0.6 is 11.3 Å². The zero-order valence-corrected chi connectivity index (χ0v) is 11.2. The lowest BCUT2D eigenvalue weighted by molar-refractivity contribution is 0.909. The standard InChI is InChI=1S/C13H14N4S/c1-9-7-18-8-11(9)6-14-13-15-12-5-3-4-10(2)17(12)16-13/h3-5,7-8H,6H2,1-2H3,(H,14,16). The molecule has 3 aromatic heterocycles. The van der Waals surface area contributed by atoms with Gasteiger partial charge in [0.25, 0.3) is 0 Å². The molecule has 0 aromatic carbocycles. The van der Waals surface area contributed by atoms with Gasteiger partial charge in [-0.3, -0.25) is 0 Å². The van der Waals surface area contributed by atoms with Gasteiger partial charge in [-0.2, -0.15) is 16.3 Å². The second-order valence-electron chi connectivity index (χ2n) is 4.31. The van der Waals surface area contributed by atoms with E-state index in [1.807, 2.05) is 29.6 Å². The van der Waals surface area contributed by atoms with Crippen LogP contribution in [0, 0.1) is 13.8 Å². The minimum absolute atomic E-state index is 0.676. The van der Waals surface area contributed by atoms with Gasteiger partial charge in [0.05, 0.1) is 0 Å². The molecule has 0 amide bonds. The Morgan fingerprint density at radius 1 is 1.28 bits per heavy atom. The summed E-state index contributed by atoms with van der Waals surface area (Å²) in [7, 11) is 0. The molecule has 0 aliphatic carbocycles. The van der Waals surface area contributed by atoms with E-state index in [1.54, 1.807) is 11.3 Å². The highest BCUT2D eigenvalue weighted by Gasteiger charge is 2.05. The van der Waals surface area contributed by atoms with Gasteiger partial charge >= 0.3 is 0 Å². The van der Waals surface area contributed by atoms with Crippen molar-refractivity contribution in [3.8, 4) is 0 Å². The normalized spacial score (nSPS) is 11.0. The van der Waals surface area contributed by atoms with Gasteiger partial charge in [-0.25, -0.2) is 4.52 Å². The first-order chi connectivity index (χ1) is 8.74. The number of thiophene rings is 1. The van der Waals surface area contributed by atoms with Crippen LogP contribution in [0.15, 0.2) is 29.0 Å². The number of hydrogen-bond donors (Lipinski definition) is 1. The number of hydrogen-bond acceptors (Lipinski definition) is 4. The third-order valence-corrected chi connectivity index (χ3v) is 3.86. The Balaban J connectivity index is 1.83. The SMILES string of the molecule is Cc1cscc1CNc1nc2cccc(C)n2n1. The largest absolute Gasteiger partial charge is 0.349 e. The average molecular weight is 258 g/mol. The van der Waals surface area contributed by atoms with Crippen LogP contribution in [0.3, 0.4) is 0 Å². The van der Waals surface area contributed by atoms with Gasteiger partial charge in [0, 0.05) is 12.2 Å². The lowest BCUT2D eigenvalue weighted by atomic mass is 10.2. The number of nitrogens with zero attached hydrogens (tertiary/aromatic N) is 3. The molecule has 3 aromatic rings. The Labute approximate surface area is 109 Å². The molecule has 0 unspecified atom stereocenters. The first-order valence-electron chi connectivity index (χ1n) is 5.82. The Kier molecular flexibility index (Phi) is 2.76.